The molecule has 1 amide bonds. The SMILES string of the molecule is Cc1ccc(/C=C2/SC(=Nc3ccccc3)N([C@@H](C)c3ccccc3)C2=O)cc1. The molecule has 1 saturated heterocycles. The fourth-order valence-corrected chi connectivity index (χ4v) is 4.28. The van der Waals surface area contributed by atoms with E-state index in [0.29, 0.717) is 10.1 Å². The maximum absolute atomic E-state index is 13.3. The van der Waals surface area contributed by atoms with Crippen molar-refractivity contribution in [3.63, 3.8) is 0 Å². The molecule has 4 rings (SSSR count). The number of amidine groups is 1. The Morgan fingerprint density at radius 1 is 0.897 bits per heavy atom. The molecule has 29 heavy (non-hydrogen) atoms. The highest BCUT2D eigenvalue weighted by Gasteiger charge is 2.37. The van der Waals surface area contributed by atoms with Crippen LogP contribution in [0, 0.1) is 6.92 Å². The van der Waals surface area contributed by atoms with Gasteiger partial charge in [-0.15, -0.1) is 0 Å². The van der Waals surface area contributed by atoms with Crippen LogP contribution in [0.4, 0.5) is 5.69 Å². The second kappa shape index (κ2) is 8.50. The predicted molar refractivity (Wildman–Crippen MR) is 122 cm³/mol. The fourth-order valence-electron chi connectivity index (χ4n) is 3.21. The quantitative estimate of drug-likeness (QED) is 0.479. The van der Waals surface area contributed by atoms with Crippen LogP contribution in [0.25, 0.3) is 6.08 Å². The van der Waals surface area contributed by atoms with Crippen LogP contribution in [0.3, 0.4) is 0 Å². The standard InChI is InChI=1S/C25H22N2OS/c1-18-13-15-20(16-14-18)17-23-24(28)27(19(2)21-9-5-3-6-10-21)25(29-23)26-22-11-7-4-8-12-22/h3-17,19H,1-2H3/b23-17+,26-25?/t19-/m0/s1. The summed E-state index contributed by atoms with van der Waals surface area (Å²) in [5.41, 5.74) is 4.13. The molecule has 0 unspecified atom stereocenters. The molecule has 1 aliphatic rings. The Morgan fingerprint density at radius 3 is 2.17 bits per heavy atom. The zero-order valence-electron chi connectivity index (χ0n) is 16.4. The summed E-state index contributed by atoms with van der Waals surface area (Å²) < 4.78 is 0. The molecule has 3 aromatic carbocycles. The zero-order chi connectivity index (χ0) is 20.2. The van der Waals surface area contributed by atoms with Crippen molar-refractivity contribution in [2.75, 3.05) is 0 Å². The Morgan fingerprint density at radius 2 is 1.52 bits per heavy atom. The van der Waals surface area contributed by atoms with Crippen molar-refractivity contribution in [1.82, 2.24) is 4.90 Å². The first kappa shape index (κ1) is 19.2. The van der Waals surface area contributed by atoms with Crippen LogP contribution in [0.2, 0.25) is 0 Å². The van der Waals surface area contributed by atoms with Gasteiger partial charge in [-0.1, -0.05) is 78.4 Å². The minimum absolute atomic E-state index is 0.0124. The van der Waals surface area contributed by atoms with E-state index in [0.717, 1.165) is 16.8 Å². The Kier molecular flexibility index (Phi) is 5.63. The lowest BCUT2D eigenvalue weighted by Crippen LogP contribution is -2.32. The first-order valence-electron chi connectivity index (χ1n) is 9.60. The molecule has 1 fully saturated rings. The van der Waals surface area contributed by atoms with E-state index >= 15 is 0 Å². The molecule has 1 aliphatic heterocycles. The number of aliphatic imine (C=N–C) groups is 1. The van der Waals surface area contributed by atoms with Gasteiger partial charge < -0.3 is 0 Å². The summed E-state index contributed by atoms with van der Waals surface area (Å²) in [6.07, 6.45) is 1.95. The molecule has 3 aromatic rings. The zero-order valence-corrected chi connectivity index (χ0v) is 17.3. The van der Waals surface area contributed by atoms with Gasteiger partial charge in [-0.05, 0) is 54.9 Å². The number of para-hydroxylation sites is 1. The summed E-state index contributed by atoms with van der Waals surface area (Å²) in [5, 5.41) is 0.705. The molecule has 0 saturated carbocycles. The molecule has 1 heterocycles. The first-order chi connectivity index (χ1) is 14.1. The maximum Gasteiger partial charge on any atom is 0.267 e. The Bertz CT molecular complexity index is 1060. The number of rotatable bonds is 4. The van der Waals surface area contributed by atoms with Gasteiger partial charge in [-0.3, -0.25) is 9.69 Å². The number of benzene rings is 3. The van der Waals surface area contributed by atoms with Gasteiger partial charge in [0, 0.05) is 0 Å². The van der Waals surface area contributed by atoms with E-state index in [-0.39, 0.29) is 11.9 Å². The van der Waals surface area contributed by atoms with E-state index in [1.54, 1.807) is 4.90 Å². The highest BCUT2D eigenvalue weighted by molar-refractivity contribution is 8.18. The van der Waals surface area contributed by atoms with E-state index in [9.17, 15) is 4.79 Å². The molecule has 0 spiro atoms. The van der Waals surface area contributed by atoms with Crippen LogP contribution < -0.4 is 0 Å². The molecule has 0 aliphatic carbocycles. The third kappa shape index (κ3) is 4.33. The van der Waals surface area contributed by atoms with Crippen LogP contribution in [0.1, 0.15) is 29.7 Å². The molecule has 0 radical (unpaired) electrons. The summed E-state index contributed by atoms with van der Waals surface area (Å²) in [4.78, 5) is 20.6. The van der Waals surface area contributed by atoms with Gasteiger partial charge in [0.1, 0.15) is 0 Å². The molecule has 0 N–H and O–H groups in total. The lowest BCUT2D eigenvalue weighted by molar-refractivity contribution is -0.123. The Hall–Kier alpha value is -3.11. The highest BCUT2D eigenvalue weighted by atomic mass is 32.2. The van der Waals surface area contributed by atoms with Gasteiger partial charge in [0.2, 0.25) is 0 Å². The summed E-state index contributed by atoms with van der Waals surface area (Å²) in [6.45, 7) is 4.10. The Balaban J connectivity index is 1.74. The lowest BCUT2D eigenvalue weighted by Gasteiger charge is -2.24. The number of amides is 1. The van der Waals surface area contributed by atoms with E-state index < -0.39 is 0 Å². The van der Waals surface area contributed by atoms with Crippen LogP contribution in [-0.4, -0.2) is 16.0 Å². The van der Waals surface area contributed by atoms with E-state index in [1.807, 2.05) is 85.8 Å². The summed E-state index contributed by atoms with van der Waals surface area (Å²) >= 11 is 1.43. The van der Waals surface area contributed by atoms with Crippen LogP contribution in [-0.2, 0) is 4.79 Å². The van der Waals surface area contributed by atoms with Crippen molar-refractivity contribution in [3.05, 3.63) is 107 Å². The van der Waals surface area contributed by atoms with E-state index in [2.05, 4.69) is 19.1 Å². The minimum Gasteiger partial charge on any atom is -0.279 e. The van der Waals surface area contributed by atoms with Crippen molar-refractivity contribution in [2.45, 2.75) is 19.9 Å². The number of carbonyl (C=O) groups is 1. The second-order valence-electron chi connectivity index (χ2n) is 7.01. The molecule has 0 aromatic heterocycles. The van der Waals surface area contributed by atoms with Crippen molar-refractivity contribution < 1.29 is 4.79 Å². The van der Waals surface area contributed by atoms with Crippen LogP contribution >= 0.6 is 11.8 Å². The average molecular weight is 399 g/mol. The van der Waals surface area contributed by atoms with Crippen LogP contribution in [0.15, 0.2) is 94.8 Å². The summed E-state index contributed by atoms with van der Waals surface area (Å²) in [5.74, 6) is -0.0124. The largest absolute Gasteiger partial charge is 0.279 e. The second-order valence-corrected chi connectivity index (χ2v) is 8.02. The first-order valence-corrected chi connectivity index (χ1v) is 10.4. The molecule has 3 nitrogen and oxygen atoms in total. The van der Waals surface area contributed by atoms with Crippen molar-refractivity contribution >= 4 is 34.6 Å². The molecule has 1 atom stereocenters. The Labute approximate surface area is 175 Å². The van der Waals surface area contributed by atoms with Crippen molar-refractivity contribution in [2.24, 2.45) is 4.99 Å². The van der Waals surface area contributed by atoms with Gasteiger partial charge in [0.25, 0.3) is 5.91 Å². The van der Waals surface area contributed by atoms with Gasteiger partial charge >= 0.3 is 0 Å². The van der Waals surface area contributed by atoms with Gasteiger partial charge in [0.15, 0.2) is 5.17 Å². The number of nitrogens with zero attached hydrogens (tertiary/aromatic N) is 2. The van der Waals surface area contributed by atoms with Crippen molar-refractivity contribution in [3.8, 4) is 0 Å². The molecule has 0 bridgehead atoms. The molecule has 144 valence electrons. The molecule has 4 heteroatoms. The topological polar surface area (TPSA) is 32.7 Å². The summed E-state index contributed by atoms with van der Waals surface area (Å²) in [7, 11) is 0. The highest BCUT2D eigenvalue weighted by Crippen LogP contribution is 2.39. The minimum atomic E-state index is -0.109. The smallest absolute Gasteiger partial charge is 0.267 e. The predicted octanol–water partition coefficient (Wildman–Crippen LogP) is 6.36. The monoisotopic (exact) mass is 398 g/mol. The average Bonchev–Trinajstić information content (AvgIpc) is 3.05. The van der Waals surface area contributed by atoms with Gasteiger partial charge in [-0.2, -0.15) is 0 Å². The number of hydrogen-bond acceptors (Lipinski definition) is 3. The third-order valence-electron chi connectivity index (χ3n) is 4.86. The number of thioether (sulfide) groups is 1. The third-order valence-corrected chi connectivity index (χ3v) is 5.85. The van der Waals surface area contributed by atoms with E-state index in [1.165, 1.54) is 17.3 Å². The molecular formula is C25H22N2OS. The maximum atomic E-state index is 13.3. The number of carbonyl (C=O) groups excluding carboxylic acids is 1. The normalized spacial score (nSPS) is 17.9. The van der Waals surface area contributed by atoms with E-state index in [4.69, 9.17) is 4.99 Å². The number of aryl methyl sites for hydroxylation is 1. The fraction of sp³-hybridized carbons (Fsp3) is 0.120. The lowest BCUT2D eigenvalue weighted by atomic mass is 10.1. The number of hydrogen-bond donors (Lipinski definition) is 0. The summed E-state index contributed by atoms with van der Waals surface area (Å²) in [6, 6.07) is 27.9. The van der Waals surface area contributed by atoms with Crippen LogP contribution in [0.5, 0.6) is 0 Å². The van der Waals surface area contributed by atoms with Crippen molar-refractivity contribution in [1.29, 1.82) is 0 Å². The van der Waals surface area contributed by atoms with Gasteiger partial charge in [-0.25, -0.2) is 4.99 Å². The van der Waals surface area contributed by atoms with Gasteiger partial charge in [0.05, 0.1) is 16.6 Å². The molecular weight excluding hydrogens is 376 g/mol.